The van der Waals surface area contributed by atoms with Crippen molar-refractivity contribution >= 4 is 5.97 Å². The second-order valence-electron chi connectivity index (χ2n) is 10.7. The molecule has 1 aliphatic heterocycles. The van der Waals surface area contributed by atoms with Gasteiger partial charge < -0.3 is 19.9 Å². The van der Waals surface area contributed by atoms with Crippen LogP contribution in [0, 0.1) is 11.8 Å². The molecule has 5 rings (SSSR count). The molecule has 3 aliphatic rings. The van der Waals surface area contributed by atoms with E-state index >= 15 is 0 Å². The highest BCUT2D eigenvalue weighted by Gasteiger charge is 2.63. The number of carbonyl (C=O) groups is 1. The van der Waals surface area contributed by atoms with E-state index in [9.17, 15) is 9.90 Å². The van der Waals surface area contributed by atoms with E-state index in [-0.39, 0.29) is 23.7 Å². The average molecular weight is 450 g/mol. The molecule has 2 aliphatic carbocycles. The fourth-order valence-electron chi connectivity index (χ4n) is 5.96. The number of benzene rings is 2. The molecule has 176 valence electrons. The van der Waals surface area contributed by atoms with Crippen LogP contribution in [0.2, 0.25) is 0 Å². The summed E-state index contributed by atoms with van der Waals surface area (Å²) >= 11 is 0. The third-order valence-electron chi connectivity index (χ3n) is 7.59. The zero-order valence-electron chi connectivity index (χ0n) is 19.8. The summed E-state index contributed by atoms with van der Waals surface area (Å²) in [5.41, 5.74) is 5.20. The van der Waals surface area contributed by atoms with Gasteiger partial charge in [-0.1, -0.05) is 42.5 Å². The number of fused-ring (bicyclic) bond motifs is 4. The Morgan fingerprint density at radius 1 is 1.18 bits per heavy atom. The first kappa shape index (κ1) is 22.4. The van der Waals surface area contributed by atoms with Crippen LogP contribution in [0.3, 0.4) is 0 Å². The second kappa shape index (κ2) is 8.77. The highest BCUT2D eigenvalue weighted by Crippen LogP contribution is 2.59. The number of carboxylic acids is 1. The fraction of sp³-hybridized carbons (Fsp3) is 0.536. The maximum absolute atomic E-state index is 11.3. The summed E-state index contributed by atoms with van der Waals surface area (Å²) in [6, 6.07) is 14.9. The van der Waals surface area contributed by atoms with Crippen molar-refractivity contribution in [3.8, 4) is 5.75 Å². The number of rotatable bonds is 10. The molecular weight excluding hydrogens is 414 g/mol. The Bertz CT molecular complexity index is 1010. The highest BCUT2D eigenvalue weighted by atomic mass is 16.5. The minimum Gasteiger partial charge on any atom is -0.488 e. The summed E-state index contributed by atoms with van der Waals surface area (Å²) < 4.78 is 12.1. The van der Waals surface area contributed by atoms with Crippen molar-refractivity contribution in [2.45, 2.75) is 70.1 Å². The van der Waals surface area contributed by atoms with Crippen LogP contribution in [-0.2, 0) is 22.4 Å². The fourth-order valence-corrected chi connectivity index (χ4v) is 5.96. The summed E-state index contributed by atoms with van der Waals surface area (Å²) in [6.07, 6.45) is 4.23. The summed E-state index contributed by atoms with van der Waals surface area (Å²) in [5, 5.41) is 13.0. The van der Waals surface area contributed by atoms with Crippen molar-refractivity contribution in [2.75, 3.05) is 13.2 Å². The first-order valence-electron chi connectivity index (χ1n) is 12.3. The molecule has 0 saturated heterocycles. The average Bonchev–Trinajstić information content (AvgIpc) is 3.14. The normalized spacial score (nSPS) is 24.0. The molecule has 1 heterocycles. The lowest BCUT2D eigenvalue weighted by molar-refractivity contribution is -0.139. The van der Waals surface area contributed by atoms with Gasteiger partial charge in [0, 0.05) is 29.2 Å². The van der Waals surface area contributed by atoms with Gasteiger partial charge in [-0.15, -0.1) is 0 Å². The third kappa shape index (κ3) is 4.53. The quantitative estimate of drug-likeness (QED) is 0.506. The van der Waals surface area contributed by atoms with Crippen LogP contribution in [-0.4, -0.2) is 35.9 Å². The van der Waals surface area contributed by atoms with E-state index in [1.807, 2.05) is 25.1 Å². The van der Waals surface area contributed by atoms with E-state index in [0.29, 0.717) is 12.5 Å². The van der Waals surface area contributed by atoms with Crippen LogP contribution in [0.5, 0.6) is 5.75 Å². The van der Waals surface area contributed by atoms with Crippen LogP contribution in [0.15, 0.2) is 42.5 Å². The van der Waals surface area contributed by atoms with Gasteiger partial charge in [0.15, 0.2) is 0 Å². The second-order valence-corrected chi connectivity index (χ2v) is 10.7. The standard InChI is InChI=1S/C28H35NO4/c1-17(21-10-6-11-22-23-24(27(30)31)26(23)33-25(21)22)32-13-7-12-29-28(2,3)16-18-14-19-8-4-5-9-20(19)15-18/h4-6,8-11,17-18,23-24,26,29H,7,12-16H2,1-3H3,(H,30,31). The van der Waals surface area contributed by atoms with Gasteiger partial charge in [-0.25, -0.2) is 0 Å². The Labute approximate surface area is 196 Å². The Hall–Kier alpha value is -2.37. The molecule has 0 bridgehead atoms. The molecule has 1 saturated carbocycles. The SMILES string of the molecule is CC(OCCCNC(C)(C)CC1Cc2ccccc2C1)c1cccc2c1OC1C(C(=O)O)C21. The summed E-state index contributed by atoms with van der Waals surface area (Å²) in [4.78, 5) is 11.3. The lowest BCUT2D eigenvalue weighted by Gasteiger charge is -2.29. The monoisotopic (exact) mass is 449 g/mol. The van der Waals surface area contributed by atoms with Gasteiger partial charge in [-0.05, 0) is 70.0 Å². The number of aliphatic carboxylic acids is 1. The molecule has 2 aromatic rings. The van der Waals surface area contributed by atoms with Crippen LogP contribution < -0.4 is 10.1 Å². The molecular formula is C28H35NO4. The van der Waals surface area contributed by atoms with Crippen LogP contribution >= 0.6 is 0 Å². The molecule has 4 unspecified atom stereocenters. The van der Waals surface area contributed by atoms with E-state index in [2.05, 4.69) is 43.4 Å². The third-order valence-corrected chi connectivity index (χ3v) is 7.59. The summed E-state index contributed by atoms with van der Waals surface area (Å²) in [7, 11) is 0. The van der Waals surface area contributed by atoms with E-state index in [0.717, 1.165) is 29.8 Å². The highest BCUT2D eigenvalue weighted by molar-refractivity contribution is 5.79. The van der Waals surface area contributed by atoms with Gasteiger partial charge in [0.25, 0.3) is 0 Å². The number of ether oxygens (including phenoxy) is 2. The van der Waals surface area contributed by atoms with Gasteiger partial charge in [-0.2, -0.15) is 0 Å². The van der Waals surface area contributed by atoms with Gasteiger partial charge in [0.05, 0.1) is 6.10 Å². The molecule has 0 aromatic heterocycles. The van der Waals surface area contributed by atoms with Gasteiger partial charge >= 0.3 is 5.97 Å². The molecule has 1 fully saturated rings. The Morgan fingerprint density at radius 3 is 2.61 bits per heavy atom. The minimum atomic E-state index is -0.766. The number of hydrogen-bond acceptors (Lipinski definition) is 4. The molecule has 2 aromatic carbocycles. The molecule has 0 radical (unpaired) electrons. The predicted molar refractivity (Wildman–Crippen MR) is 128 cm³/mol. The number of hydrogen-bond donors (Lipinski definition) is 2. The molecule has 4 atom stereocenters. The number of carboxylic acid groups (broad SMARTS) is 1. The lowest BCUT2D eigenvalue weighted by atomic mass is 9.88. The van der Waals surface area contributed by atoms with E-state index in [4.69, 9.17) is 9.47 Å². The molecule has 5 heteroatoms. The molecule has 5 nitrogen and oxygen atoms in total. The first-order valence-corrected chi connectivity index (χ1v) is 12.3. The van der Waals surface area contributed by atoms with Crippen LogP contribution in [0.25, 0.3) is 0 Å². The smallest absolute Gasteiger partial charge is 0.311 e. The zero-order valence-corrected chi connectivity index (χ0v) is 19.8. The maximum atomic E-state index is 11.3. The van der Waals surface area contributed by atoms with Crippen molar-refractivity contribution in [1.29, 1.82) is 0 Å². The van der Waals surface area contributed by atoms with Gasteiger partial charge in [0.2, 0.25) is 0 Å². The van der Waals surface area contributed by atoms with E-state index in [1.54, 1.807) is 0 Å². The van der Waals surface area contributed by atoms with Crippen molar-refractivity contribution in [3.63, 3.8) is 0 Å². The molecule has 2 N–H and O–H groups in total. The minimum absolute atomic E-state index is 0.00346. The number of para-hydroxylation sites is 1. The molecule has 33 heavy (non-hydrogen) atoms. The Kier molecular flexibility index (Phi) is 5.96. The Balaban J connectivity index is 1.05. The maximum Gasteiger partial charge on any atom is 0.311 e. The first-order chi connectivity index (χ1) is 15.8. The summed E-state index contributed by atoms with van der Waals surface area (Å²) in [6.45, 7) is 8.26. The van der Waals surface area contributed by atoms with Crippen molar-refractivity contribution < 1.29 is 19.4 Å². The number of nitrogens with one attached hydrogen (secondary N) is 1. The zero-order chi connectivity index (χ0) is 23.2. The van der Waals surface area contributed by atoms with Crippen LogP contribution in [0.4, 0.5) is 0 Å². The molecule has 0 amide bonds. The van der Waals surface area contributed by atoms with Crippen molar-refractivity contribution in [2.24, 2.45) is 11.8 Å². The predicted octanol–water partition coefficient (Wildman–Crippen LogP) is 4.89. The van der Waals surface area contributed by atoms with Gasteiger partial charge in [-0.3, -0.25) is 4.79 Å². The Morgan fingerprint density at radius 2 is 1.91 bits per heavy atom. The topological polar surface area (TPSA) is 67.8 Å². The van der Waals surface area contributed by atoms with E-state index < -0.39 is 11.9 Å². The van der Waals surface area contributed by atoms with Gasteiger partial charge in [0.1, 0.15) is 17.8 Å². The molecule has 0 spiro atoms. The summed E-state index contributed by atoms with van der Waals surface area (Å²) in [5.74, 6) is 0.404. The lowest BCUT2D eigenvalue weighted by Crippen LogP contribution is -2.42. The van der Waals surface area contributed by atoms with Crippen molar-refractivity contribution in [1.82, 2.24) is 5.32 Å². The van der Waals surface area contributed by atoms with E-state index in [1.165, 1.54) is 30.4 Å². The van der Waals surface area contributed by atoms with Crippen LogP contribution in [0.1, 0.15) is 67.9 Å². The largest absolute Gasteiger partial charge is 0.488 e. The van der Waals surface area contributed by atoms with Crippen molar-refractivity contribution in [3.05, 3.63) is 64.7 Å².